The molecule has 558 valence electrons. The van der Waals surface area contributed by atoms with Gasteiger partial charge in [0, 0.05) is 0 Å². The molecule has 23 unspecified atom stereocenters. The van der Waals surface area contributed by atoms with Crippen LogP contribution in [-0.4, -0.2) is 0 Å². The van der Waals surface area contributed by atoms with E-state index in [0.29, 0.717) is 0 Å². The van der Waals surface area contributed by atoms with Gasteiger partial charge in [-0.3, -0.25) is 0 Å². The lowest BCUT2D eigenvalue weighted by Gasteiger charge is -3.03. The molecule has 23 atom stereocenters. The molecule has 0 amide bonds. The predicted octanol–water partition coefficient (Wildman–Crippen LogP) is 25.5. The highest BCUT2D eigenvalue weighted by Gasteiger charge is 2.98. The Hall–Kier alpha value is 0. The molecule has 0 saturated heterocycles. The second-order valence-corrected chi connectivity index (χ2v) is 50.3. The summed E-state index contributed by atoms with van der Waals surface area (Å²) in [6.07, 6.45) is 78.5. The van der Waals surface area contributed by atoms with Gasteiger partial charge in [0.2, 0.25) is 0 Å². The zero-order valence-corrected chi connectivity index (χ0v) is 65.2. The van der Waals surface area contributed by atoms with Crippen molar-refractivity contribution < 1.29 is 0 Å². The van der Waals surface area contributed by atoms with Gasteiger partial charge in [-0.2, -0.15) is 0 Å². The summed E-state index contributed by atoms with van der Waals surface area (Å²) in [7, 11) is 0. The third kappa shape index (κ3) is 8.95. The number of rotatable bonds is 0. The first kappa shape index (κ1) is 62.5. The van der Waals surface area contributed by atoms with Crippen molar-refractivity contribution in [2.45, 2.75) is 315 Å². The van der Waals surface area contributed by atoms with Crippen LogP contribution in [0.4, 0.5) is 0 Å². The van der Waals surface area contributed by atoms with Crippen LogP contribution in [0.2, 0.25) is 0 Å². The fourth-order valence-electron chi connectivity index (χ4n) is 45.6. The van der Waals surface area contributed by atoms with E-state index in [1.165, 1.54) is 302 Å². The number of hydrogen-bond acceptors (Lipinski definition) is 0. The van der Waals surface area contributed by atoms with Gasteiger partial charge in [0.15, 0.2) is 0 Å². The second kappa shape index (κ2) is 22.7. The molecule has 0 aromatic carbocycles. The third-order valence-electron chi connectivity index (χ3n) is 48.3. The Balaban J connectivity index is 0.0000000621. The molecule has 44 rings (SSSR count). The SMILES string of the molecule is C12C3C4C1C1C2C3C41.C1C2C3CC4C5CC3C1C5C24.C1C2CC3C1C3C2.C1C2CC3CC1CC(C2)C3.C1C2CC3CC1CC3C2.C1CC2C3C(C1)C23.C1CC2C3C1C23.C1CC2C3CCC(C3)C2C1.C1CC2CC1C1C3CCC(C3)C21.C1CC2CC3CCCC3(C1)C2.C1CCC2C3CCC2C(C1)C3. The van der Waals surface area contributed by atoms with E-state index >= 15 is 0 Å². The van der Waals surface area contributed by atoms with E-state index < -0.39 is 0 Å². The van der Waals surface area contributed by atoms with Crippen LogP contribution in [0.25, 0.3) is 0 Å². The van der Waals surface area contributed by atoms with Crippen LogP contribution in [0, 0.1) is 313 Å². The van der Waals surface area contributed by atoms with E-state index in [-0.39, 0.29) is 0 Å². The molecule has 44 saturated carbocycles. The average molecular weight is 1380 g/mol. The molecular weight excluding hydrogens is 1230 g/mol. The molecule has 0 heterocycles. The monoisotopic (exact) mass is 1380 g/mol. The average Bonchev–Trinajstić information content (AvgIpc) is 0.942. The number of hydrogen-bond donors (Lipinski definition) is 0. The summed E-state index contributed by atoms with van der Waals surface area (Å²) in [5, 5.41) is 0. The second-order valence-electron chi connectivity index (χ2n) is 50.3. The minimum atomic E-state index is 0.906. The Morgan fingerprint density at radius 3 is 0.853 bits per heavy atom. The molecule has 0 aromatic rings. The van der Waals surface area contributed by atoms with Gasteiger partial charge in [-0.25, -0.2) is 0 Å². The summed E-state index contributed by atoms with van der Waals surface area (Å²) < 4.78 is 0. The lowest BCUT2D eigenvalue weighted by Crippen LogP contribution is -3.00. The van der Waals surface area contributed by atoms with Crippen molar-refractivity contribution in [3.8, 4) is 0 Å². The van der Waals surface area contributed by atoms with Crippen LogP contribution in [0.5, 0.6) is 0 Å². The topological polar surface area (TPSA) is 0 Å². The molecule has 0 N–H and O–H groups in total. The Kier molecular flexibility index (Phi) is 13.9. The molecule has 1 spiro atoms. The first-order valence-electron chi connectivity index (χ1n) is 50.4. The summed E-state index contributed by atoms with van der Waals surface area (Å²) in [4.78, 5) is 0. The van der Waals surface area contributed by atoms with Gasteiger partial charge >= 0.3 is 0 Å². The van der Waals surface area contributed by atoms with Crippen molar-refractivity contribution in [1.82, 2.24) is 0 Å². The summed E-state index contributed by atoms with van der Waals surface area (Å²) in [5.74, 6) is 64.7. The van der Waals surface area contributed by atoms with Crippen molar-refractivity contribution in [3.05, 3.63) is 0 Å². The van der Waals surface area contributed by atoms with Gasteiger partial charge in [0.25, 0.3) is 0 Å². The van der Waals surface area contributed by atoms with Crippen LogP contribution in [0.3, 0.4) is 0 Å². The standard InChI is InChI=1S/C12H18.C11H14.2C11H18.2C10H16.C9H14.C8H8.2C7H10.C6H8/c1-2-8-5-7(1)11-9-3-4-10(6-9)12(8)11;1-4-5-2-9-8(1)10-6(4)3-7(5)11(9)10;1-3-9-7-10-4-2-6-11(10,5-1)8-9;1-2-4-10-9-5-6-11(10)8(3-1)7-9;1-7-2-9-4-8(1)5-10(3-7)6-9;1-2-9-7-4-5-8(6-7)10(9)3-1;1-6-2-8-4-7(1)5-9(8)3-6;1-2-5-3(1)7-4(1)6(2)8(5)7;1-4-2-6-5(1)7(6)3-4;1-2-4-6-5(3-1)7(4)6;1-2-4-5-3(1)6(4)5/h7-12H,1-6H2;4-11H,1-3H2;9-10H,1-8H2;8-11H,1-7H2;2*7-10H,1-6H2;6-9H,1-5H2;1-8H;2*4-7H,1-3H2;3-6H,1-2H2. The quantitative estimate of drug-likeness (QED) is 0.212. The van der Waals surface area contributed by atoms with Crippen LogP contribution in [0.15, 0.2) is 0 Å². The van der Waals surface area contributed by atoms with Crippen molar-refractivity contribution in [1.29, 1.82) is 0 Å². The van der Waals surface area contributed by atoms with Gasteiger partial charge in [-0.1, -0.05) is 51.4 Å². The molecule has 0 heteroatoms. The molecule has 0 aliphatic heterocycles. The first-order valence-corrected chi connectivity index (χ1v) is 50.4. The zero-order valence-electron chi connectivity index (χ0n) is 65.2. The van der Waals surface area contributed by atoms with E-state index in [2.05, 4.69) is 0 Å². The van der Waals surface area contributed by atoms with E-state index in [1.807, 2.05) is 0 Å². The minimum absolute atomic E-state index is 0.906. The molecule has 44 fully saturated rings. The number of fused-ring (bicyclic) bond motifs is 20. The Labute approximate surface area is 623 Å². The maximum atomic E-state index is 1.68. The summed E-state index contributed by atoms with van der Waals surface area (Å²) in [6.45, 7) is 0. The van der Waals surface area contributed by atoms with Gasteiger partial charge in [0.05, 0.1) is 0 Å². The molecule has 0 nitrogen and oxygen atoms in total. The third-order valence-corrected chi connectivity index (χ3v) is 48.3. The Bertz CT molecular complexity index is 2840. The van der Waals surface area contributed by atoms with Crippen molar-refractivity contribution in [3.63, 3.8) is 0 Å². The molecular formula is C102H150. The van der Waals surface area contributed by atoms with Crippen LogP contribution >= 0.6 is 0 Å². The summed E-state index contributed by atoms with van der Waals surface area (Å²) in [5.41, 5.74) is 0.906. The van der Waals surface area contributed by atoms with Crippen molar-refractivity contribution in [2.24, 2.45) is 313 Å². The maximum absolute atomic E-state index is 1.68. The fourth-order valence-corrected chi connectivity index (χ4v) is 45.6. The van der Waals surface area contributed by atoms with E-state index in [9.17, 15) is 0 Å². The highest BCUT2D eigenvalue weighted by Crippen LogP contribution is 3.01. The smallest absolute Gasteiger partial charge is 0.0266 e. The van der Waals surface area contributed by atoms with Gasteiger partial charge in [-0.15, -0.1) is 0 Å². The molecule has 30 bridgehead atoms. The van der Waals surface area contributed by atoms with Crippen molar-refractivity contribution >= 4 is 0 Å². The van der Waals surface area contributed by atoms with Crippen molar-refractivity contribution in [2.75, 3.05) is 0 Å². The van der Waals surface area contributed by atoms with E-state index in [4.69, 9.17) is 0 Å². The molecule has 0 radical (unpaired) electrons. The van der Waals surface area contributed by atoms with Gasteiger partial charge in [-0.05, 0) is 576 Å². The molecule has 0 aromatic heterocycles. The highest BCUT2D eigenvalue weighted by atomic mass is 15.0. The van der Waals surface area contributed by atoms with E-state index in [0.717, 1.165) is 11.3 Å². The lowest BCUT2D eigenvalue weighted by molar-refractivity contribution is -0.565. The minimum Gasteiger partial charge on any atom is -0.0530 e. The normalized spacial score (nSPS) is 68.5. The van der Waals surface area contributed by atoms with Crippen LogP contribution < -0.4 is 0 Å². The molecule has 44 aliphatic rings. The Morgan fingerprint density at radius 1 is 0.137 bits per heavy atom. The fraction of sp³-hybridized carbons (Fsp3) is 1.00. The van der Waals surface area contributed by atoms with Gasteiger partial charge in [0.1, 0.15) is 0 Å². The zero-order chi connectivity index (χ0) is 65.2. The van der Waals surface area contributed by atoms with Gasteiger partial charge < -0.3 is 0 Å². The summed E-state index contributed by atoms with van der Waals surface area (Å²) >= 11 is 0. The molecule has 102 heavy (non-hydrogen) atoms. The highest BCUT2D eigenvalue weighted by molar-refractivity contribution is 5.44. The predicted molar refractivity (Wildman–Crippen MR) is 410 cm³/mol. The van der Waals surface area contributed by atoms with E-state index in [1.54, 1.807) is 315 Å². The Morgan fingerprint density at radius 2 is 0.441 bits per heavy atom. The largest absolute Gasteiger partial charge is 0.0530 e. The van der Waals surface area contributed by atoms with Crippen LogP contribution in [-0.2, 0) is 0 Å². The molecule has 44 aliphatic carbocycles. The summed E-state index contributed by atoms with van der Waals surface area (Å²) in [6, 6.07) is 0. The maximum Gasteiger partial charge on any atom is -0.0266 e. The van der Waals surface area contributed by atoms with Crippen LogP contribution in [0.1, 0.15) is 315 Å². The first-order chi connectivity index (χ1) is 50.4. The lowest BCUT2D eigenvalue weighted by atomic mass is 9.01.